The second-order valence-corrected chi connectivity index (χ2v) is 5.24. The second-order valence-electron chi connectivity index (χ2n) is 5.24. The molecule has 0 saturated heterocycles. The third-order valence-electron chi connectivity index (χ3n) is 3.47. The predicted octanol–water partition coefficient (Wildman–Crippen LogP) is 2.94. The fraction of sp³-hybridized carbons (Fsp3) is 0.118. The molecule has 0 aliphatic heterocycles. The number of urea groups is 1. The number of nitrogens with zero attached hydrogens (tertiary/aromatic N) is 3. The molecule has 6 nitrogen and oxygen atoms in total. The molecule has 3 rings (SSSR count). The van der Waals surface area contributed by atoms with Gasteiger partial charge in [0.15, 0.2) is 0 Å². The fourth-order valence-corrected chi connectivity index (χ4v) is 2.27. The van der Waals surface area contributed by atoms with Crippen molar-refractivity contribution < 1.29 is 9.18 Å². The Bertz CT molecular complexity index is 844. The first kappa shape index (κ1) is 15.7. The number of benzene rings is 1. The summed E-state index contributed by atoms with van der Waals surface area (Å²) in [5, 5.41) is 9.51. The van der Waals surface area contributed by atoms with E-state index < -0.39 is 0 Å². The summed E-state index contributed by atoms with van der Waals surface area (Å²) in [5.41, 5.74) is 3.26. The lowest BCUT2D eigenvalue weighted by Crippen LogP contribution is -2.28. The Balaban J connectivity index is 1.61. The van der Waals surface area contributed by atoms with Crippen molar-refractivity contribution in [2.24, 2.45) is 7.05 Å². The van der Waals surface area contributed by atoms with Gasteiger partial charge in [0.2, 0.25) is 0 Å². The Morgan fingerprint density at radius 3 is 2.71 bits per heavy atom. The zero-order valence-electron chi connectivity index (χ0n) is 13.0. The van der Waals surface area contributed by atoms with Crippen LogP contribution in [0.1, 0.15) is 5.56 Å². The zero-order chi connectivity index (χ0) is 16.9. The lowest BCUT2D eigenvalue weighted by molar-refractivity contribution is 0.251. The van der Waals surface area contributed by atoms with Gasteiger partial charge in [-0.3, -0.25) is 9.67 Å². The fourth-order valence-electron chi connectivity index (χ4n) is 2.27. The SMILES string of the molecule is Cn1nccc1-c1cncc(CNC(=O)Nc2ccc(F)cc2)c1. The van der Waals surface area contributed by atoms with E-state index in [2.05, 4.69) is 20.7 Å². The van der Waals surface area contributed by atoms with Crippen LogP contribution in [0.15, 0.2) is 55.0 Å². The Kier molecular flexibility index (Phi) is 4.51. The van der Waals surface area contributed by atoms with E-state index in [0.29, 0.717) is 12.2 Å². The van der Waals surface area contributed by atoms with Gasteiger partial charge >= 0.3 is 6.03 Å². The minimum atomic E-state index is -0.368. The normalized spacial score (nSPS) is 10.4. The Hall–Kier alpha value is -3.22. The highest BCUT2D eigenvalue weighted by molar-refractivity contribution is 5.89. The summed E-state index contributed by atoms with van der Waals surface area (Å²) in [7, 11) is 1.86. The van der Waals surface area contributed by atoms with Gasteiger partial charge in [-0.15, -0.1) is 0 Å². The van der Waals surface area contributed by atoms with Gasteiger partial charge in [0.1, 0.15) is 5.82 Å². The molecule has 0 aliphatic carbocycles. The van der Waals surface area contributed by atoms with E-state index in [1.165, 1.54) is 24.3 Å². The van der Waals surface area contributed by atoms with E-state index in [1.807, 2.05) is 19.2 Å². The van der Waals surface area contributed by atoms with Gasteiger partial charge in [-0.05, 0) is 42.0 Å². The molecule has 1 aromatic carbocycles. The highest BCUT2D eigenvalue weighted by atomic mass is 19.1. The first-order chi connectivity index (χ1) is 11.6. The second kappa shape index (κ2) is 6.91. The minimum absolute atomic E-state index is 0.325. The highest BCUT2D eigenvalue weighted by Gasteiger charge is 2.06. The Morgan fingerprint density at radius 1 is 1.21 bits per heavy atom. The molecule has 2 amide bonds. The van der Waals surface area contributed by atoms with Crippen LogP contribution in [0.5, 0.6) is 0 Å². The topological polar surface area (TPSA) is 71.8 Å². The van der Waals surface area contributed by atoms with Crippen LogP contribution in [0.25, 0.3) is 11.3 Å². The monoisotopic (exact) mass is 325 g/mol. The standard InChI is InChI=1S/C17H16FN5O/c1-23-16(6-7-21-23)13-8-12(9-19-11-13)10-20-17(24)22-15-4-2-14(18)3-5-15/h2-9,11H,10H2,1H3,(H2,20,22,24). The van der Waals surface area contributed by atoms with Crippen molar-refractivity contribution in [2.75, 3.05) is 5.32 Å². The van der Waals surface area contributed by atoms with Crippen molar-refractivity contribution in [2.45, 2.75) is 6.54 Å². The number of hydrogen-bond acceptors (Lipinski definition) is 3. The molecule has 2 N–H and O–H groups in total. The first-order valence-electron chi connectivity index (χ1n) is 7.34. The third kappa shape index (κ3) is 3.75. The van der Waals surface area contributed by atoms with Gasteiger partial charge < -0.3 is 10.6 Å². The van der Waals surface area contributed by atoms with Crippen molar-refractivity contribution in [3.63, 3.8) is 0 Å². The number of carbonyl (C=O) groups excluding carboxylic acids is 1. The van der Waals surface area contributed by atoms with Gasteiger partial charge in [0.25, 0.3) is 0 Å². The Labute approximate surface area is 138 Å². The minimum Gasteiger partial charge on any atom is -0.334 e. The molecule has 7 heteroatoms. The summed E-state index contributed by atoms with van der Waals surface area (Å²) in [6.45, 7) is 0.325. The van der Waals surface area contributed by atoms with Crippen LogP contribution in [0.4, 0.5) is 14.9 Å². The number of amides is 2. The quantitative estimate of drug-likeness (QED) is 0.775. The maximum atomic E-state index is 12.8. The average molecular weight is 325 g/mol. The van der Waals surface area contributed by atoms with E-state index in [0.717, 1.165) is 16.8 Å². The van der Waals surface area contributed by atoms with Crippen molar-refractivity contribution in [1.82, 2.24) is 20.1 Å². The van der Waals surface area contributed by atoms with E-state index in [1.54, 1.807) is 23.3 Å². The van der Waals surface area contributed by atoms with Crippen LogP contribution >= 0.6 is 0 Å². The number of carbonyl (C=O) groups is 1. The molecule has 0 bridgehead atoms. The summed E-state index contributed by atoms with van der Waals surface area (Å²) in [5.74, 6) is -0.348. The lowest BCUT2D eigenvalue weighted by Gasteiger charge is -2.09. The molecular weight excluding hydrogens is 309 g/mol. The number of anilines is 1. The molecule has 3 aromatic rings. The number of pyridine rings is 1. The maximum Gasteiger partial charge on any atom is 0.319 e. The van der Waals surface area contributed by atoms with Crippen LogP contribution in [0, 0.1) is 5.82 Å². The summed E-state index contributed by atoms with van der Waals surface area (Å²) in [6, 6.07) is 9.05. The van der Waals surface area contributed by atoms with Crippen molar-refractivity contribution in [1.29, 1.82) is 0 Å². The number of hydrogen-bond donors (Lipinski definition) is 2. The molecule has 0 unspecified atom stereocenters. The van der Waals surface area contributed by atoms with Gasteiger partial charge in [-0.2, -0.15) is 5.10 Å². The summed E-state index contributed by atoms with van der Waals surface area (Å²) >= 11 is 0. The van der Waals surface area contributed by atoms with E-state index in [-0.39, 0.29) is 11.8 Å². The number of nitrogens with one attached hydrogen (secondary N) is 2. The molecule has 2 heterocycles. The third-order valence-corrected chi connectivity index (χ3v) is 3.47. The summed E-state index contributed by atoms with van der Waals surface area (Å²) < 4.78 is 14.6. The summed E-state index contributed by atoms with van der Waals surface area (Å²) in [6.07, 6.45) is 5.16. The molecule has 0 fully saturated rings. The van der Waals surface area contributed by atoms with Crippen LogP contribution in [-0.4, -0.2) is 20.8 Å². The van der Waals surface area contributed by atoms with Crippen LogP contribution in [-0.2, 0) is 13.6 Å². The van der Waals surface area contributed by atoms with Crippen LogP contribution in [0.2, 0.25) is 0 Å². The van der Waals surface area contributed by atoms with Gasteiger partial charge in [0.05, 0.1) is 5.69 Å². The lowest BCUT2D eigenvalue weighted by atomic mass is 10.1. The number of rotatable bonds is 4. The Morgan fingerprint density at radius 2 is 2.00 bits per heavy atom. The maximum absolute atomic E-state index is 12.8. The molecule has 2 aromatic heterocycles. The van der Waals surface area contributed by atoms with Crippen molar-refractivity contribution in [3.8, 4) is 11.3 Å². The van der Waals surface area contributed by atoms with Crippen molar-refractivity contribution in [3.05, 3.63) is 66.4 Å². The van der Waals surface area contributed by atoms with E-state index in [4.69, 9.17) is 0 Å². The molecule has 0 saturated carbocycles. The molecular formula is C17H16FN5O. The molecule has 122 valence electrons. The van der Waals surface area contributed by atoms with E-state index >= 15 is 0 Å². The molecule has 0 radical (unpaired) electrons. The number of aryl methyl sites for hydroxylation is 1. The van der Waals surface area contributed by atoms with Crippen LogP contribution in [0.3, 0.4) is 0 Å². The molecule has 0 spiro atoms. The van der Waals surface area contributed by atoms with Gasteiger partial charge in [-0.1, -0.05) is 0 Å². The van der Waals surface area contributed by atoms with Crippen LogP contribution < -0.4 is 10.6 Å². The molecule has 0 atom stereocenters. The molecule has 0 aliphatic rings. The van der Waals surface area contributed by atoms with E-state index in [9.17, 15) is 9.18 Å². The predicted molar refractivity (Wildman–Crippen MR) is 88.7 cm³/mol. The number of halogens is 1. The number of aromatic nitrogens is 3. The highest BCUT2D eigenvalue weighted by Crippen LogP contribution is 2.18. The van der Waals surface area contributed by atoms with Crippen molar-refractivity contribution >= 4 is 11.7 Å². The summed E-state index contributed by atoms with van der Waals surface area (Å²) in [4.78, 5) is 16.1. The first-order valence-corrected chi connectivity index (χ1v) is 7.34. The average Bonchev–Trinajstić information content (AvgIpc) is 3.01. The van der Waals surface area contributed by atoms with Gasteiger partial charge in [-0.25, -0.2) is 9.18 Å². The largest absolute Gasteiger partial charge is 0.334 e. The molecule has 24 heavy (non-hydrogen) atoms. The van der Waals surface area contributed by atoms with Gasteiger partial charge in [0, 0.05) is 43.4 Å². The zero-order valence-corrected chi connectivity index (χ0v) is 13.0. The smallest absolute Gasteiger partial charge is 0.319 e.